The van der Waals surface area contributed by atoms with Crippen LogP contribution in [0.5, 0.6) is 0 Å². The van der Waals surface area contributed by atoms with Gasteiger partial charge in [0.25, 0.3) is 0 Å². The van der Waals surface area contributed by atoms with E-state index in [0.717, 1.165) is 39.4 Å². The lowest BCUT2D eigenvalue weighted by Gasteiger charge is -2.26. The maximum absolute atomic E-state index is 5.34. The SMILES string of the molecule is CC(C)(C)c1cnn(CCN2CCOCC2)c1. The Kier molecular flexibility index (Phi) is 3.84. The molecule has 2 rings (SSSR count). The fourth-order valence-electron chi connectivity index (χ4n) is 1.94. The number of aromatic nitrogens is 2. The molecule has 96 valence electrons. The molecule has 1 fully saturated rings. The van der Waals surface area contributed by atoms with E-state index in [9.17, 15) is 0 Å². The van der Waals surface area contributed by atoms with Gasteiger partial charge in [-0.1, -0.05) is 20.8 Å². The van der Waals surface area contributed by atoms with E-state index in [-0.39, 0.29) is 5.41 Å². The van der Waals surface area contributed by atoms with E-state index in [4.69, 9.17) is 4.74 Å². The normalized spacial score (nSPS) is 18.5. The van der Waals surface area contributed by atoms with Gasteiger partial charge in [-0.15, -0.1) is 0 Å². The number of hydrogen-bond donors (Lipinski definition) is 0. The summed E-state index contributed by atoms with van der Waals surface area (Å²) < 4.78 is 7.39. The third kappa shape index (κ3) is 3.54. The van der Waals surface area contributed by atoms with Crippen LogP contribution in [0.25, 0.3) is 0 Å². The highest BCUT2D eigenvalue weighted by Gasteiger charge is 2.16. The smallest absolute Gasteiger partial charge is 0.0594 e. The van der Waals surface area contributed by atoms with Gasteiger partial charge in [-0.05, 0) is 11.0 Å². The van der Waals surface area contributed by atoms with Crippen LogP contribution >= 0.6 is 0 Å². The van der Waals surface area contributed by atoms with Crippen molar-refractivity contribution in [3.8, 4) is 0 Å². The first-order chi connectivity index (χ1) is 8.05. The predicted octanol–water partition coefficient (Wildman–Crippen LogP) is 1.51. The van der Waals surface area contributed by atoms with E-state index in [1.54, 1.807) is 0 Å². The maximum Gasteiger partial charge on any atom is 0.0594 e. The average molecular weight is 237 g/mol. The lowest BCUT2D eigenvalue weighted by Crippen LogP contribution is -2.38. The second-order valence-electron chi connectivity index (χ2n) is 5.70. The molecule has 1 aromatic heterocycles. The van der Waals surface area contributed by atoms with Gasteiger partial charge >= 0.3 is 0 Å². The second-order valence-corrected chi connectivity index (χ2v) is 5.70. The molecular weight excluding hydrogens is 214 g/mol. The molecule has 1 aliphatic heterocycles. The van der Waals surface area contributed by atoms with Crippen LogP contribution in [-0.2, 0) is 16.7 Å². The summed E-state index contributed by atoms with van der Waals surface area (Å²) in [6, 6.07) is 0. The lowest BCUT2D eigenvalue weighted by atomic mass is 9.90. The molecule has 17 heavy (non-hydrogen) atoms. The van der Waals surface area contributed by atoms with Gasteiger partial charge in [0.15, 0.2) is 0 Å². The Morgan fingerprint density at radius 1 is 1.24 bits per heavy atom. The van der Waals surface area contributed by atoms with Crippen LogP contribution < -0.4 is 0 Å². The molecule has 1 aromatic rings. The minimum Gasteiger partial charge on any atom is -0.379 e. The van der Waals surface area contributed by atoms with Crippen molar-refractivity contribution < 1.29 is 4.74 Å². The first-order valence-electron chi connectivity index (χ1n) is 6.39. The Balaban J connectivity index is 1.84. The van der Waals surface area contributed by atoms with Gasteiger partial charge in [0.05, 0.1) is 26.0 Å². The van der Waals surface area contributed by atoms with Gasteiger partial charge in [-0.2, -0.15) is 5.10 Å². The van der Waals surface area contributed by atoms with Gasteiger partial charge in [0.2, 0.25) is 0 Å². The van der Waals surface area contributed by atoms with Gasteiger partial charge in [0.1, 0.15) is 0 Å². The fraction of sp³-hybridized carbons (Fsp3) is 0.769. The monoisotopic (exact) mass is 237 g/mol. The Morgan fingerprint density at radius 2 is 1.94 bits per heavy atom. The average Bonchev–Trinajstić information content (AvgIpc) is 2.76. The third-order valence-electron chi connectivity index (χ3n) is 3.25. The van der Waals surface area contributed by atoms with E-state index in [1.807, 2.05) is 6.20 Å². The topological polar surface area (TPSA) is 30.3 Å². The summed E-state index contributed by atoms with van der Waals surface area (Å²) in [5.74, 6) is 0. The van der Waals surface area contributed by atoms with Crippen LogP contribution in [0.2, 0.25) is 0 Å². The lowest BCUT2D eigenvalue weighted by molar-refractivity contribution is 0.0359. The summed E-state index contributed by atoms with van der Waals surface area (Å²) in [6.07, 6.45) is 4.15. The molecule has 2 heterocycles. The molecule has 0 amide bonds. The summed E-state index contributed by atoms with van der Waals surface area (Å²) in [5, 5.41) is 4.43. The zero-order valence-corrected chi connectivity index (χ0v) is 11.1. The van der Waals surface area contributed by atoms with Crippen molar-refractivity contribution in [2.75, 3.05) is 32.8 Å². The molecule has 0 unspecified atom stereocenters. The van der Waals surface area contributed by atoms with Gasteiger partial charge < -0.3 is 4.74 Å². The van der Waals surface area contributed by atoms with Crippen molar-refractivity contribution in [1.29, 1.82) is 0 Å². The maximum atomic E-state index is 5.34. The fourth-order valence-corrected chi connectivity index (χ4v) is 1.94. The van der Waals surface area contributed by atoms with Crippen molar-refractivity contribution in [2.45, 2.75) is 32.7 Å². The van der Waals surface area contributed by atoms with E-state index in [2.05, 4.69) is 41.6 Å². The first-order valence-corrected chi connectivity index (χ1v) is 6.39. The van der Waals surface area contributed by atoms with Gasteiger partial charge in [0, 0.05) is 25.8 Å². The molecule has 1 aliphatic rings. The Morgan fingerprint density at radius 3 is 2.53 bits per heavy atom. The van der Waals surface area contributed by atoms with Crippen LogP contribution in [0, 0.1) is 0 Å². The molecule has 0 radical (unpaired) electrons. The highest BCUT2D eigenvalue weighted by atomic mass is 16.5. The van der Waals surface area contributed by atoms with E-state index in [0.29, 0.717) is 0 Å². The van der Waals surface area contributed by atoms with E-state index < -0.39 is 0 Å². The van der Waals surface area contributed by atoms with Crippen molar-refractivity contribution in [3.05, 3.63) is 18.0 Å². The molecule has 0 saturated carbocycles. The standard InChI is InChI=1S/C13H23N3O/c1-13(2,3)12-10-14-16(11-12)5-4-15-6-8-17-9-7-15/h10-11H,4-9H2,1-3H3. The van der Waals surface area contributed by atoms with Crippen LogP contribution in [0.15, 0.2) is 12.4 Å². The Labute approximate surface area is 104 Å². The largest absolute Gasteiger partial charge is 0.379 e. The van der Waals surface area contributed by atoms with E-state index in [1.165, 1.54) is 5.56 Å². The summed E-state index contributed by atoms with van der Waals surface area (Å²) in [5.41, 5.74) is 1.50. The zero-order valence-electron chi connectivity index (χ0n) is 11.1. The molecule has 1 saturated heterocycles. The van der Waals surface area contributed by atoms with Crippen LogP contribution in [0.4, 0.5) is 0 Å². The molecule has 4 heteroatoms. The quantitative estimate of drug-likeness (QED) is 0.798. The summed E-state index contributed by atoms with van der Waals surface area (Å²) >= 11 is 0. The predicted molar refractivity (Wildman–Crippen MR) is 68.2 cm³/mol. The number of ether oxygens (including phenoxy) is 1. The van der Waals surface area contributed by atoms with Gasteiger partial charge in [-0.25, -0.2) is 0 Å². The van der Waals surface area contributed by atoms with Crippen molar-refractivity contribution >= 4 is 0 Å². The number of rotatable bonds is 3. The molecule has 0 aliphatic carbocycles. The number of nitrogens with zero attached hydrogens (tertiary/aromatic N) is 3. The van der Waals surface area contributed by atoms with Crippen LogP contribution in [-0.4, -0.2) is 47.5 Å². The van der Waals surface area contributed by atoms with Crippen LogP contribution in [0.3, 0.4) is 0 Å². The summed E-state index contributed by atoms with van der Waals surface area (Å²) in [4.78, 5) is 2.43. The highest BCUT2D eigenvalue weighted by molar-refractivity contribution is 5.14. The van der Waals surface area contributed by atoms with E-state index >= 15 is 0 Å². The minimum absolute atomic E-state index is 0.192. The zero-order chi connectivity index (χ0) is 12.3. The van der Waals surface area contributed by atoms with Crippen LogP contribution in [0.1, 0.15) is 26.3 Å². The van der Waals surface area contributed by atoms with Crippen molar-refractivity contribution in [3.63, 3.8) is 0 Å². The third-order valence-corrected chi connectivity index (χ3v) is 3.25. The van der Waals surface area contributed by atoms with Crippen molar-refractivity contribution in [2.24, 2.45) is 0 Å². The molecule has 0 spiro atoms. The number of hydrogen-bond acceptors (Lipinski definition) is 3. The molecule has 0 aromatic carbocycles. The van der Waals surface area contributed by atoms with Gasteiger partial charge in [-0.3, -0.25) is 9.58 Å². The second kappa shape index (κ2) is 5.19. The molecule has 0 atom stereocenters. The molecular formula is C13H23N3O. The Bertz CT molecular complexity index is 348. The molecule has 0 bridgehead atoms. The summed E-state index contributed by atoms with van der Waals surface area (Å²) in [7, 11) is 0. The molecule has 0 N–H and O–H groups in total. The highest BCUT2D eigenvalue weighted by Crippen LogP contribution is 2.20. The summed E-state index contributed by atoms with van der Waals surface area (Å²) in [6.45, 7) is 12.5. The minimum atomic E-state index is 0.192. The first kappa shape index (κ1) is 12.6. The molecule has 4 nitrogen and oxygen atoms in total. The van der Waals surface area contributed by atoms with Crippen molar-refractivity contribution in [1.82, 2.24) is 14.7 Å². The Hall–Kier alpha value is -0.870. The number of morpholine rings is 1.